The smallest absolute Gasteiger partial charge is 0.309 e. The largest absolute Gasteiger partial charge is 0.481 e. The molecule has 1 aromatic carbocycles. The second-order valence-electron chi connectivity index (χ2n) is 6.34. The summed E-state index contributed by atoms with van der Waals surface area (Å²) in [5, 5.41) is 13.7. The van der Waals surface area contributed by atoms with Gasteiger partial charge >= 0.3 is 5.97 Å². The van der Waals surface area contributed by atoms with E-state index in [4.69, 9.17) is 10.2 Å². The Balaban J connectivity index is 1.79. The lowest BCUT2D eigenvalue weighted by Gasteiger charge is -2.36. The van der Waals surface area contributed by atoms with Gasteiger partial charge in [-0.25, -0.2) is 4.68 Å². The highest BCUT2D eigenvalue weighted by Crippen LogP contribution is 2.25. The third-order valence-electron chi connectivity index (χ3n) is 4.16. The number of carboxylic acids is 1. The van der Waals surface area contributed by atoms with Gasteiger partial charge in [0.2, 0.25) is 0 Å². The Morgan fingerprint density at radius 1 is 1.35 bits per heavy atom. The first kappa shape index (κ1) is 16.2. The molecule has 0 aliphatic carbocycles. The molecule has 0 spiro atoms. The van der Waals surface area contributed by atoms with Crippen molar-refractivity contribution >= 4 is 21.9 Å². The van der Waals surface area contributed by atoms with Crippen LogP contribution in [0.3, 0.4) is 0 Å². The van der Waals surface area contributed by atoms with Crippen molar-refractivity contribution in [1.82, 2.24) is 14.7 Å². The average Bonchev–Trinajstić information content (AvgIpc) is 2.87. The quantitative estimate of drug-likeness (QED) is 0.868. The van der Waals surface area contributed by atoms with E-state index < -0.39 is 5.97 Å². The maximum atomic E-state index is 10.9. The number of benzene rings is 1. The number of rotatable bonds is 5. The summed E-state index contributed by atoms with van der Waals surface area (Å²) in [5.74, 6) is -0.590. The van der Waals surface area contributed by atoms with Crippen molar-refractivity contribution in [3.8, 4) is 5.69 Å². The fraction of sp³-hybridized carbons (Fsp3) is 0.412. The van der Waals surface area contributed by atoms with Crippen molar-refractivity contribution in [2.75, 3.05) is 13.1 Å². The molecule has 0 bridgehead atoms. The predicted molar refractivity (Wildman–Crippen MR) is 91.8 cm³/mol. The Hall–Kier alpha value is -1.66. The third-order valence-corrected chi connectivity index (χ3v) is 4.69. The second kappa shape index (κ2) is 6.45. The van der Waals surface area contributed by atoms with Crippen LogP contribution < -0.4 is 0 Å². The van der Waals surface area contributed by atoms with E-state index >= 15 is 0 Å². The van der Waals surface area contributed by atoms with Crippen molar-refractivity contribution in [3.05, 3.63) is 46.2 Å². The summed E-state index contributed by atoms with van der Waals surface area (Å²) in [7, 11) is 0. The van der Waals surface area contributed by atoms with Crippen molar-refractivity contribution in [2.24, 2.45) is 5.92 Å². The fourth-order valence-corrected chi connectivity index (χ4v) is 3.12. The molecule has 0 unspecified atom stereocenters. The van der Waals surface area contributed by atoms with Crippen molar-refractivity contribution < 1.29 is 9.90 Å². The first-order valence-electron chi connectivity index (χ1n) is 7.73. The van der Waals surface area contributed by atoms with Gasteiger partial charge in [0.15, 0.2) is 0 Å². The first-order valence-corrected chi connectivity index (χ1v) is 8.53. The van der Waals surface area contributed by atoms with Gasteiger partial charge in [0.1, 0.15) is 0 Å². The number of aromatic nitrogens is 2. The molecule has 2 aromatic rings. The highest BCUT2D eigenvalue weighted by atomic mass is 79.9. The number of halogens is 1. The molecule has 1 aliphatic rings. The van der Waals surface area contributed by atoms with E-state index in [1.54, 1.807) is 0 Å². The van der Waals surface area contributed by atoms with Crippen molar-refractivity contribution in [1.29, 1.82) is 0 Å². The van der Waals surface area contributed by atoms with Crippen molar-refractivity contribution in [2.45, 2.75) is 26.3 Å². The zero-order chi connectivity index (χ0) is 16.6. The summed E-state index contributed by atoms with van der Waals surface area (Å²) < 4.78 is 2.95. The van der Waals surface area contributed by atoms with Gasteiger partial charge in [-0.1, -0.05) is 29.8 Å². The van der Waals surface area contributed by atoms with Crippen LogP contribution in [0, 0.1) is 5.92 Å². The van der Waals surface area contributed by atoms with Gasteiger partial charge < -0.3 is 5.11 Å². The van der Waals surface area contributed by atoms with Crippen LogP contribution in [0.4, 0.5) is 0 Å². The van der Waals surface area contributed by atoms with E-state index in [2.05, 4.69) is 40.9 Å². The molecule has 23 heavy (non-hydrogen) atoms. The maximum Gasteiger partial charge on any atom is 0.309 e. The van der Waals surface area contributed by atoms with Crippen LogP contribution in [0.1, 0.15) is 31.0 Å². The molecule has 0 saturated carbocycles. The zero-order valence-corrected chi connectivity index (χ0v) is 14.8. The average molecular weight is 378 g/mol. The molecule has 0 atom stereocenters. The normalized spacial score (nSPS) is 15.8. The first-order chi connectivity index (χ1) is 10.9. The maximum absolute atomic E-state index is 10.9. The van der Waals surface area contributed by atoms with Crippen LogP contribution in [0.25, 0.3) is 5.69 Å². The summed E-state index contributed by atoms with van der Waals surface area (Å²) in [6.45, 7) is 6.27. The van der Waals surface area contributed by atoms with Crippen LogP contribution in [0.5, 0.6) is 0 Å². The number of nitrogens with zero attached hydrogens (tertiary/aromatic N) is 3. The van der Waals surface area contributed by atoms with Gasteiger partial charge in [-0.15, -0.1) is 0 Å². The molecule has 5 nitrogen and oxygen atoms in total. The monoisotopic (exact) mass is 377 g/mol. The SMILES string of the molecule is CC(C)c1nn(-c2ccc(Br)cc2)cc1CN1CC(C(=O)O)C1. The molecule has 3 rings (SSSR count). The molecule has 0 radical (unpaired) electrons. The zero-order valence-electron chi connectivity index (χ0n) is 13.2. The minimum atomic E-state index is -0.698. The molecule has 1 aromatic heterocycles. The summed E-state index contributed by atoms with van der Waals surface area (Å²) in [5.41, 5.74) is 3.27. The molecule has 1 aliphatic heterocycles. The van der Waals surface area contributed by atoms with Gasteiger partial charge in [-0.2, -0.15) is 5.10 Å². The van der Waals surface area contributed by atoms with Gasteiger partial charge in [0.05, 0.1) is 17.3 Å². The van der Waals surface area contributed by atoms with Crippen LogP contribution in [-0.4, -0.2) is 38.8 Å². The summed E-state index contributed by atoms with van der Waals surface area (Å²) in [6, 6.07) is 8.04. The summed E-state index contributed by atoms with van der Waals surface area (Å²) in [4.78, 5) is 13.1. The Morgan fingerprint density at radius 2 is 2.00 bits per heavy atom. The van der Waals surface area contributed by atoms with E-state index in [0.29, 0.717) is 19.0 Å². The lowest BCUT2D eigenvalue weighted by atomic mass is 9.98. The number of carbonyl (C=O) groups is 1. The highest BCUT2D eigenvalue weighted by molar-refractivity contribution is 9.10. The lowest BCUT2D eigenvalue weighted by molar-refractivity contribution is -0.147. The molecule has 0 amide bonds. The molecule has 122 valence electrons. The van der Waals surface area contributed by atoms with Gasteiger partial charge in [-0.05, 0) is 30.2 Å². The van der Waals surface area contributed by atoms with E-state index in [9.17, 15) is 4.79 Å². The van der Waals surface area contributed by atoms with Crippen LogP contribution in [0.2, 0.25) is 0 Å². The molecule has 6 heteroatoms. The molecular formula is C17H20BrN3O2. The Morgan fingerprint density at radius 3 is 2.57 bits per heavy atom. The Labute approximate surface area is 144 Å². The van der Waals surface area contributed by atoms with E-state index in [1.165, 1.54) is 5.56 Å². The van der Waals surface area contributed by atoms with Gasteiger partial charge in [0.25, 0.3) is 0 Å². The van der Waals surface area contributed by atoms with Crippen LogP contribution >= 0.6 is 15.9 Å². The van der Waals surface area contributed by atoms with E-state index in [-0.39, 0.29) is 5.92 Å². The van der Waals surface area contributed by atoms with Crippen LogP contribution in [0.15, 0.2) is 34.9 Å². The molecular weight excluding hydrogens is 358 g/mol. The number of likely N-dealkylation sites (tertiary alicyclic amines) is 1. The minimum Gasteiger partial charge on any atom is -0.481 e. The Kier molecular flexibility index (Phi) is 4.55. The predicted octanol–water partition coefficient (Wildman–Crippen LogP) is 3.27. The minimum absolute atomic E-state index is 0.223. The van der Waals surface area contributed by atoms with Crippen LogP contribution in [-0.2, 0) is 11.3 Å². The number of hydrogen-bond acceptors (Lipinski definition) is 3. The summed E-state index contributed by atoms with van der Waals surface area (Å²) >= 11 is 3.44. The molecule has 2 heterocycles. The molecule has 1 fully saturated rings. The summed E-state index contributed by atoms with van der Waals surface area (Å²) in [6.07, 6.45) is 2.06. The van der Waals surface area contributed by atoms with E-state index in [1.807, 2.05) is 28.9 Å². The second-order valence-corrected chi connectivity index (χ2v) is 7.26. The third kappa shape index (κ3) is 3.48. The van der Waals surface area contributed by atoms with Gasteiger partial charge in [0, 0.05) is 35.9 Å². The topological polar surface area (TPSA) is 58.4 Å². The molecule has 1 N–H and O–H groups in total. The highest BCUT2D eigenvalue weighted by Gasteiger charge is 2.33. The number of carboxylic acid groups (broad SMARTS) is 1. The molecule has 1 saturated heterocycles. The standard InChI is InChI=1S/C17H20BrN3O2/c1-11(2)16-12(7-20-8-13(9-20)17(22)23)10-21(19-16)15-5-3-14(18)4-6-15/h3-6,10-11,13H,7-9H2,1-2H3,(H,22,23). The van der Waals surface area contributed by atoms with E-state index in [0.717, 1.165) is 22.4 Å². The number of hydrogen-bond donors (Lipinski definition) is 1. The lowest BCUT2D eigenvalue weighted by Crippen LogP contribution is -2.49. The number of aliphatic carboxylic acids is 1. The van der Waals surface area contributed by atoms with Gasteiger partial charge in [-0.3, -0.25) is 9.69 Å². The van der Waals surface area contributed by atoms with Crippen molar-refractivity contribution in [3.63, 3.8) is 0 Å². The Bertz CT molecular complexity index is 703. The fourth-order valence-electron chi connectivity index (χ4n) is 2.85.